The highest BCUT2D eigenvalue weighted by atomic mass is 13.9. The van der Waals surface area contributed by atoms with Crippen LogP contribution in [0.5, 0.6) is 0 Å². The fraction of sp³-hybridized carbons (Fsp3) is 0.400. The van der Waals surface area contributed by atoms with Gasteiger partial charge < -0.3 is 0 Å². The lowest BCUT2D eigenvalue weighted by Gasteiger charge is -1.98. The molecule has 0 atom stereocenters. The summed E-state index contributed by atoms with van der Waals surface area (Å²) >= 11 is 0. The SMILES string of the molecule is C=CC(=C)CCCC(=C)C. The first-order chi connectivity index (χ1) is 4.66. The average Bonchev–Trinajstić information content (AvgIpc) is 1.87. The van der Waals surface area contributed by atoms with Crippen LogP contribution in [0.15, 0.2) is 37.0 Å². The minimum atomic E-state index is 1.05. The summed E-state index contributed by atoms with van der Waals surface area (Å²) in [5.41, 5.74) is 2.37. The Hall–Kier alpha value is -0.780. The number of rotatable bonds is 5. The Bertz CT molecular complexity index is 140. The van der Waals surface area contributed by atoms with E-state index in [2.05, 4.69) is 26.7 Å². The smallest absolute Gasteiger partial charge is 0.0282 e. The molecule has 0 spiro atoms. The molecule has 0 bridgehead atoms. The van der Waals surface area contributed by atoms with Crippen molar-refractivity contribution < 1.29 is 0 Å². The highest BCUT2D eigenvalue weighted by Gasteiger charge is 1.89. The number of hydrogen-bond acceptors (Lipinski definition) is 0. The summed E-state index contributed by atoms with van der Waals surface area (Å²) in [7, 11) is 0. The first kappa shape index (κ1) is 9.22. The van der Waals surface area contributed by atoms with Gasteiger partial charge in [0.2, 0.25) is 0 Å². The molecule has 0 rings (SSSR count). The lowest BCUT2D eigenvalue weighted by molar-refractivity contribution is 0.819. The standard InChI is InChI=1S/C10H16/c1-5-10(4)8-6-7-9(2)3/h5H,1-2,4,6-8H2,3H3. The van der Waals surface area contributed by atoms with Crippen LogP contribution >= 0.6 is 0 Å². The van der Waals surface area contributed by atoms with Crippen LogP contribution < -0.4 is 0 Å². The average molecular weight is 136 g/mol. The van der Waals surface area contributed by atoms with E-state index in [0.717, 1.165) is 24.8 Å². The van der Waals surface area contributed by atoms with E-state index in [4.69, 9.17) is 0 Å². The van der Waals surface area contributed by atoms with Gasteiger partial charge in [0.05, 0.1) is 0 Å². The lowest BCUT2D eigenvalue weighted by atomic mass is 10.1. The molecule has 0 nitrogen and oxygen atoms in total. The van der Waals surface area contributed by atoms with Crippen molar-refractivity contribution in [1.82, 2.24) is 0 Å². The maximum atomic E-state index is 3.82. The van der Waals surface area contributed by atoms with E-state index in [1.807, 2.05) is 6.08 Å². The molecule has 0 aliphatic rings. The van der Waals surface area contributed by atoms with Crippen LogP contribution in [-0.4, -0.2) is 0 Å². The van der Waals surface area contributed by atoms with Crippen molar-refractivity contribution in [2.24, 2.45) is 0 Å². The summed E-state index contributed by atoms with van der Waals surface area (Å²) in [5, 5.41) is 0. The zero-order valence-electron chi connectivity index (χ0n) is 6.82. The molecule has 0 aromatic carbocycles. The minimum Gasteiger partial charge on any atom is -0.100 e. The molecule has 0 saturated heterocycles. The maximum Gasteiger partial charge on any atom is -0.0282 e. The molecule has 0 radical (unpaired) electrons. The third kappa shape index (κ3) is 5.36. The first-order valence-electron chi connectivity index (χ1n) is 3.61. The Balaban J connectivity index is 3.28. The molecule has 0 amide bonds. The second-order valence-electron chi connectivity index (χ2n) is 2.67. The maximum absolute atomic E-state index is 3.82. The highest BCUT2D eigenvalue weighted by Crippen LogP contribution is 2.09. The summed E-state index contributed by atoms with van der Waals surface area (Å²) in [6.07, 6.45) is 5.13. The summed E-state index contributed by atoms with van der Waals surface area (Å²) in [6, 6.07) is 0. The third-order valence-corrected chi connectivity index (χ3v) is 1.39. The zero-order chi connectivity index (χ0) is 7.98. The lowest BCUT2D eigenvalue weighted by Crippen LogP contribution is -1.78. The van der Waals surface area contributed by atoms with Gasteiger partial charge >= 0.3 is 0 Å². The third-order valence-electron chi connectivity index (χ3n) is 1.39. The molecule has 0 N–H and O–H groups in total. The van der Waals surface area contributed by atoms with E-state index in [0.29, 0.717) is 0 Å². The number of hydrogen-bond donors (Lipinski definition) is 0. The van der Waals surface area contributed by atoms with Crippen LogP contribution in [0.25, 0.3) is 0 Å². The van der Waals surface area contributed by atoms with Crippen LogP contribution in [0.4, 0.5) is 0 Å². The Kier molecular flexibility index (Phi) is 4.65. The predicted octanol–water partition coefficient (Wildman–Crippen LogP) is 3.48. The van der Waals surface area contributed by atoms with Gasteiger partial charge in [0.1, 0.15) is 0 Å². The van der Waals surface area contributed by atoms with Crippen molar-refractivity contribution in [3.8, 4) is 0 Å². The molecule has 0 aromatic heterocycles. The normalized spacial score (nSPS) is 8.90. The van der Waals surface area contributed by atoms with Gasteiger partial charge in [-0.3, -0.25) is 0 Å². The van der Waals surface area contributed by atoms with Crippen LogP contribution in [0, 0.1) is 0 Å². The summed E-state index contributed by atoms with van der Waals surface area (Å²) in [6.45, 7) is 13.3. The van der Waals surface area contributed by atoms with Crippen LogP contribution in [0.1, 0.15) is 26.2 Å². The topological polar surface area (TPSA) is 0 Å². The Morgan fingerprint density at radius 1 is 1.30 bits per heavy atom. The van der Waals surface area contributed by atoms with Gasteiger partial charge in [0.25, 0.3) is 0 Å². The molecule has 0 unspecified atom stereocenters. The Labute approximate surface area is 64.0 Å². The van der Waals surface area contributed by atoms with Gasteiger partial charge in [-0.15, -0.1) is 6.58 Å². The van der Waals surface area contributed by atoms with E-state index in [-0.39, 0.29) is 0 Å². The fourth-order valence-corrected chi connectivity index (χ4v) is 0.719. The second-order valence-corrected chi connectivity index (χ2v) is 2.67. The second kappa shape index (κ2) is 5.04. The van der Waals surface area contributed by atoms with Crippen molar-refractivity contribution in [3.05, 3.63) is 37.0 Å². The van der Waals surface area contributed by atoms with Crippen LogP contribution in [-0.2, 0) is 0 Å². The van der Waals surface area contributed by atoms with Crippen molar-refractivity contribution in [3.63, 3.8) is 0 Å². The van der Waals surface area contributed by atoms with Gasteiger partial charge in [-0.2, -0.15) is 0 Å². The zero-order valence-corrected chi connectivity index (χ0v) is 6.82. The van der Waals surface area contributed by atoms with Gasteiger partial charge in [-0.05, 0) is 26.2 Å². The molecule has 0 fully saturated rings. The monoisotopic (exact) mass is 136 g/mol. The van der Waals surface area contributed by atoms with Crippen LogP contribution in [0.3, 0.4) is 0 Å². The fourth-order valence-electron chi connectivity index (χ4n) is 0.719. The van der Waals surface area contributed by atoms with Gasteiger partial charge in [0.15, 0.2) is 0 Å². The molecule has 0 saturated carbocycles. The van der Waals surface area contributed by atoms with Crippen molar-refractivity contribution in [1.29, 1.82) is 0 Å². The van der Waals surface area contributed by atoms with E-state index in [1.165, 1.54) is 5.57 Å². The van der Waals surface area contributed by atoms with Gasteiger partial charge in [-0.1, -0.05) is 30.4 Å². The molecule has 0 heterocycles. The van der Waals surface area contributed by atoms with Crippen LogP contribution in [0.2, 0.25) is 0 Å². The molecule has 0 aliphatic carbocycles. The molecule has 10 heavy (non-hydrogen) atoms. The van der Waals surface area contributed by atoms with Gasteiger partial charge in [0, 0.05) is 0 Å². The number of allylic oxidation sites excluding steroid dienone is 3. The molecular weight excluding hydrogens is 120 g/mol. The van der Waals surface area contributed by atoms with E-state index < -0.39 is 0 Å². The first-order valence-corrected chi connectivity index (χ1v) is 3.61. The molecule has 0 aromatic rings. The van der Waals surface area contributed by atoms with E-state index >= 15 is 0 Å². The predicted molar refractivity (Wildman–Crippen MR) is 48.0 cm³/mol. The Morgan fingerprint density at radius 3 is 2.30 bits per heavy atom. The summed E-state index contributed by atoms with van der Waals surface area (Å²) in [5.74, 6) is 0. The van der Waals surface area contributed by atoms with E-state index in [1.54, 1.807) is 0 Å². The highest BCUT2D eigenvalue weighted by molar-refractivity contribution is 5.10. The Morgan fingerprint density at radius 2 is 1.90 bits per heavy atom. The molecule has 0 aliphatic heterocycles. The van der Waals surface area contributed by atoms with E-state index in [9.17, 15) is 0 Å². The quantitative estimate of drug-likeness (QED) is 0.401. The van der Waals surface area contributed by atoms with Crippen molar-refractivity contribution >= 4 is 0 Å². The molecular formula is C10H16. The van der Waals surface area contributed by atoms with Crippen molar-refractivity contribution in [2.75, 3.05) is 0 Å². The van der Waals surface area contributed by atoms with Gasteiger partial charge in [-0.25, -0.2) is 0 Å². The summed E-state index contributed by atoms with van der Waals surface area (Å²) in [4.78, 5) is 0. The molecule has 56 valence electrons. The van der Waals surface area contributed by atoms with Crippen molar-refractivity contribution in [2.45, 2.75) is 26.2 Å². The minimum absolute atomic E-state index is 1.05. The largest absolute Gasteiger partial charge is 0.100 e. The summed E-state index contributed by atoms with van der Waals surface area (Å²) < 4.78 is 0. The molecule has 0 heteroatoms.